The van der Waals surface area contributed by atoms with Crippen LogP contribution in [0.4, 0.5) is 5.69 Å². The highest BCUT2D eigenvalue weighted by Gasteiger charge is 2.21. The second kappa shape index (κ2) is 5.58. The van der Waals surface area contributed by atoms with Crippen LogP contribution in [-0.4, -0.2) is 38.6 Å². The first-order valence-corrected chi connectivity index (χ1v) is 7.32. The number of hydrogen-bond donors (Lipinski definition) is 1. The third-order valence-electron chi connectivity index (χ3n) is 2.54. The number of sulfone groups is 1. The molecule has 1 amide bonds. The first-order valence-electron chi connectivity index (χ1n) is 5.29. The number of carbonyl (C=O) groups excluding carboxylic acids is 1. The van der Waals surface area contributed by atoms with Crippen molar-refractivity contribution in [3.8, 4) is 0 Å². The number of anilines is 1. The summed E-state index contributed by atoms with van der Waals surface area (Å²) in [4.78, 5) is 12.9. The summed E-state index contributed by atoms with van der Waals surface area (Å²) in [6.45, 7) is 2.22. The van der Waals surface area contributed by atoms with Gasteiger partial charge in [-0.1, -0.05) is 11.6 Å². The molecule has 7 heteroatoms. The third-order valence-corrected chi connectivity index (χ3v) is 4.47. The number of rotatable bonds is 4. The fourth-order valence-electron chi connectivity index (χ4n) is 1.23. The van der Waals surface area contributed by atoms with E-state index in [-0.39, 0.29) is 9.92 Å². The Hall–Kier alpha value is -1.27. The van der Waals surface area contributed by atoms with Gasteiger partial charge in [-0.15, -0.1) is 0 Å². The van der Waals surface area contributed by atoms with E-state index >= 15 is 0 Å². The quantitative estimate of drug-likeness (QED) is 0.844. The molecule has 1 aromatic rings. The molecule has 0 radical (unpaired) electrons. The van der Waals surface area contributed by atoms with E-state index in [1.54, 1.807) is 14.0 Å². The van der Waals surface area contributed by atoms with Crippen LogP contribution in [-0.2, 0) is 14.6 Å². The van der Waals surface area contributed by atoms with E-state index in [1.165, 1.54) is 23.1 Å². The first-order chi connectivity index (χ1) is 8.27. The van der Waals surface area contributed by atoms with Gasteiger partial charge in [0.05, 0.1) is 15.6 Å². The van der Waals surface area contributed by atoms with Gasteiger partial charge in [0.1, 0.15) is 5.75 Å². The van der Waals surface area contributed by atoms with Crippen molar-refractivity contribution in [2.24, 2.45) is 0 Å². The van der Waals surface area contributed by atoms with Crippen molar-refractivity contribution in [1.82, 2.24) is 4.90 Å². The van der Waals surface area contributed by atoms with E-state index in [9.17, 15) is 13.2 Å². The second-order valence-electron chi connectivity index (χ2n) is 3.85. The van der Waals surface area contributed by atoms with Crippen LogP contribution in [0.3, 0.4) is 0 Å². The Morgan fingerprint density at radius 1 is 1.44 bits per heavy atom. The molecule has 2 N–H and O–H groups in total. The van der Waals surface area contributed by atoms with E-state index in [1.807, 2.05) is 0 Å². The van der Waals surface area contributed by atoms with Gasteiger partial charge in [-0.25, -0.2) is 8.42 Å². The van der Waals surface area contributed by atoms with Crippen molar-refractivity contribution in [2.75, 3.05) is 25.1 Å². The summed E-state index contributed by atoms with van der Waals surface area (Å²) in [5, 5.41) is 0.160. The molecule has 0 aromatic heterocycles. The first kappa shape index (κ1) is 14.8. The predicted molar refractivity (Wildman–Crippen MR) is 71.2 cm³/mol. The maximum absolute atomic E-state index is 12.0. The molecule has 100 valence electrons. The van der Waals surface area contributed by atoms with Crippen LogP contribution in [0.5, 0.6) is 0 Å². The summed E-state index contributed by atoms with van der Waals surface area (Å²) < 4.78 is 24.0. The van der Waals surface area contributed by atoms with Crippen LogP contribution in [0, 0.1) is 0 Å². The number of halogens is 1. The van der Waals surface area contributed by atoms with Crippen molar-refractivity contribution in [3.05, 3.63) is 23.2 Å². The van der Waals surface area contributed by atoms with Crippen LogP contribution in [0.1, 0.15) is 6.92 Å². The molecule has 0 aliphatic rings. The number of nitrogens with zero attached hydrogens (tertiary/aromatic N) is 1. The third kappa shape index (κ3) is 3.36. The molecular weight excluding hydrogens is 276 g/mol. The molecule has 0 saturated carbocycles. The van der Waals surface area contributed by atoms with Gasteiger partial charge < -0.3 is 10.6 Å². The van der Waals surface area contributed by atoms with Gasteiger partial charge in [0, 0.05) is 13.6 Å². The molecule has 0 spiro atoms. The molecule has 0 unspecified atom stereocenters. The van der Waals surface area contributed by atoms with Crippen LogP contribution in [0.25, 0.3) is 0 Å². The summed E-state index contributed by atoms with van der Waals surface area (Å²) in [5.41, 5.74) is 5.80. The Labute approximate surface area is 111 Å². The number of benzene rings is 1. The largest absolute Gasteiger partial charge is 0.398 e. The Kier molecular flexibility index (Phi) is 4.59. The van der Waals surface area contributed by atoms with Crippen LogP contribution in [0.15, 0.2) is 23.1 Å². The van der Waals surface area contributed by atoms with Crippen molar-refractivity contribution >= 4 is 33.0 Å². The highest BCUT2D eigenvalue weighted by Crippen LogP contribution is 2.23. The number of hydrogen-bond acceptors (Lipinski definition) is 4. The van der Waals surface area contributed by atoms with Crippen molar-refractivity contribution < 1.29 is 13.2 Å². The maximum atomic E-state index is 12.0. The Morgan fingerprint density at radius 3 is 2.56 bits per heavy atom. The Morgan fingerprint density at radius 2 is 2.06 bits per heavy atom. The molecule has 0 fully saturated rings. The molecule has 18 heavy (non-hydrogen) atoms. The minimum Gasteiger partial charge on any atom is -0.398 e. The summed E-state index contributed by atoms with van der Waals surface area (Å²) in [7, 11) is -2.14. The Bertz CT molecular complexity index is 557. The number of carbonyl (C=O) groups is 1. The lowest BCUT2D eigenvalue weighted by Crippen LogP contribution is -2.32. The number of nitrogens with two attached hydrogens (primary N) is 1. The van der Waals surface area contributed by atoms with E-state index in [0.29, 0.717) is 12.2 Å². The predicted octanol–water partition coefficient (Wildman–Crippen LogP) is 1.17. The molecule has 0 aliphatic carbocycles. The number of amides is 1. The topological polar surface area (TPSA) is 80.5 Å². The zero-order chi connectivity index (χ0) is 13.9. The highest BCUT2D eigenvalue weighted by molar-refractivity contribution is 7.92. The standard InChI is InChI=1S/C11H15ClN2O3S/c1-3-14(2)11(15)7-18(16,17)8-4-5-10(13)9(12)6-8/h4-6H,3,7,13H2,1-2H3. The minimum absolute atomic E-state index is 0.000414. The molecule has 1 rings (SSSR count). The van der Waals surface area contributed by atoms with Crippen LogP contribution in [0.2, 0.25) is 5.02 Å². The summed E-state index contributed by atoms with van der Waals surface area (Å²) >= 11 is 5.76. The molecule has 0 heterocycles. The highest BCUT2D eigenvalue weighted by atomic mass is 35.5. The summed E-state index contributed by atoms with van der Waals surface area (Å²) in [6.07, 6.45) is 0. The molecule has 0 atom stereocenters. The smallest absolute Gasteiger partial charge is 0.237 e. The van der Waals surface area contributed by atoms with Gasteiger partial charge >= 0.3 is 0 Å². The normalized spacial score (nSPS) is 11.3. The molecule has 0 saturated heterocycles. The van der Waals surface area contributed by atoms with Gasteiger partial charge in [-0.3, -0.25) is 4.79 Å². The van der Waals surface area contributed by atoms with Crippen LogP contribution < -0.4 is 5.73 Å². The van der Waals surface area contributed by atoms with Gasteiger partial charge in [-0.2, -0.15) is 0 Å². The average Bonchev–Trinajstić information content (AvgIpc) is 2.30. The van der Waals surface area contributed by atoms with Gasteiger partial charge in [0.2, 0.25) is 5.91 Å². The monoisotopic (exact) mass is 290 g/mol. The molecule has 0 bridgehead atoms. The lowest BCUT2D eigenvalue weighted by molar-refractivity contribution is -0.126. The molecule has 5 nitrogen and oxygen atoms in total. The van der Waals surface area contributed by atoms with Gasteiger partial charge in [-0.05, 0) is 25.1 Å². The van der Waals surface area contributed by atoms with Crippen molar-refractivity contribution in [2.45, 2.75) is 11.8 Å². The van der Waals surface area contributed by atoms with Gasteiger partial charge in [0.15, 0.2) is 9.84 Å². The second-order valence-corrected chi connectivity index (χ2v) is 6.25. The fraction of sp³-hybridized carbons (Fsp3) is 0.364. The van der Waals surface area contributed by atoms with Crippen LogP contribution >= 0.6 is 11.6 Å². The van der Waals surface area contributed by atoms with E-state index in [4.69, 9.17) is 17.3 Å². The zero-order valence-corrected chi connectivity index (χ0v) is 11.8. The molecule has 0 aliphatic heterocycles. The van der Waals surface area contributed by atoms with Crippen molar-refractivity contribution in [1.29, 1.82) is 0 Å². The lowest BCUT2D eigenvalue weighted by atomic mass is 10.3. The maximum Gasteiger partial charge on any atom is 0.237 e. The number of nitrogen functional groups attached to an aromatic ring is 1. The Balaban J connectivity index is 3.00. The molecule has 1 aromatic carbocycles. The van der Waals surface area contributed by atoms with E-state index in [2.05, 4.69) is 0 Å². The summed E-state index contributed by atoms with van der Waals surface area (Å²) in [6, 6.07) is 4.00. The van der Waals surface area contributed by atoms with Crippen molar-refractivity contribution in [3.63, 3.8) is 0 Å². The average molecular weight is 291 g/mol. The zero-order valence-electron chi connectivity index (χ0n) is 10.2. The fourth-order valence-corrected chi connectivity index (χ4v) is 2.76. The lowest BCUT2D eigenvalue weighted by Gasteiger charge is -2.14. The minimum atomic E-state index is -3.69. The SMILES string of the molecule is CCN(C)C(=O)CS(=O)(=O)c1ccc(N)c(Cl)c1. The summed E-state index contributed by atoms with van der Waals surface area (Å²) in [5.74, 6) is -1.03. The van der Waals surface area contributed by atoms with E-state index < -0.39 is 21.5 Å². The van der Waals surface area contributed by atoms with E-state index in [0.717, 1.165) is 0 Å². The molecular formula is C11H15ClN2O3S. The van der Waals surface area contributed by atoms with Gasteiger partial charge in [0.25, 0.3) is 0 Å².